The standard InChI is InChI=1S/C20H19ClN4O2/c1-2-12-27-17-10-8-15(9-11-17)13-22-24-18-14-23-25(20(26)19(18)21)16-6-4-3-5-7-16/h3-11,13-14,24H,2,12H2,1H3/b22-13-. The van der Waals surface area contributed by atoms with Crippen LogP contribution in [-0.4, -0.2) is 22.6 Å². The molecule has 0 unspecified atom stereocenters. The second-order valence-electron chi connectivity index (χ2n) is 5.71. The van der Waals surface area contributed by atoms with E-state index in [1.165, 1.54) is 10.9 Å². The number of benzene rings is 2. The molecule has 0 aliphatic carbocycles. The van der Waals surface area contributed by atoms with Crippen LogP contribution >= 0.6 is 11.6 Å². The number of hydrogen-bond donors (Lipinski definition) is 1. The van der Waals surface area contributed by atoms with E-state index in [0.29, 0.717) is 18.0 Å². The average molecular weight is 383 g/mol. The van der Waals surface area contributed by atoms with Crippen molar-refractivity contribution in [2.24, 2.45) is 5.10 Å². The minimum atomic E-state index is -0.416. The summed E-state index contributed by atoms with van der Waals surface area (Å²) in [5.41, 5.74) is 4.21. The summed E-state index contributed by atoms with van der Waals surface area (Å²) < 4.78 is 6.78. The molecule has 2 aromatic carbocycles. The third-order valence-corrected chi connectivity index (χ3v) is 4.04. The van der Waals surface area contributed by atoms with Crippen LogP contribution in [0.1, 0.15) is 18.9 Å². The van der Waals surface area contributed by atoms with Gasteiger partial charge in [-0.15, -0.1) is 0 Å². The number of nitrogens with zero attached hydrogens (tertiary/aromatic N) is 3. The lowest BCUT2D eigenvalue weighted by Crippen LogP contribution is -2.22. The number of hydrazone groups is 1. The molecule has 7 heteroatoms. The zero-order valence-electron chi connectivity index (χ0n) is 14.8. The highest BCUT2D eigenvalue weighted by molar-refractivity contribution is 6.32. The summed E-state index contributed by atoms with van der Waals surface area (Å²) in [5, 5.41) is 8.28. The summed E-state index contributed by atoms with van der Waals surface area (Å²) in [4.78, 5) is 12.4. The van der Waals surface area contributed by atoms with Gasteiger partial charge >= 0.3 is 0 Å². The zero-order chi connectivity index (χ0) is 19.1. The molecule has 0 fully saturated rings. The number of anilines is 1. The van der Waals surface area contributed by atoms with Gasteiger partial charge in [0, 0.05) is 0 Å². The van der Waals surface area contributed by atoms with Crippen LogP contribution in [0.2, 0.25) is 5.02 Å². The van der Waals surface area contributed by atoms with Crippen molar-refractivity contribution in [1.29, 1.82) is 0 Å². The van der Waals surface area contributed by atoms with E-state index in [2.05, 4.69) is 22.5 Å². The fraction of sp³-hybridized carbons (Fsp3) is 0.150. The van der Waals surface area contributed by atoms with Gasteiger partial charge in [0.1, 0.15) is 16.5 Å². The minimum absolute atomic E-state index is 0.0225. The third-order valence-electron chi connectivity index (χ3n) is 3.67. The second-order valence-corrected chi connectivity index (χ2v) is 6.09. The van der Waals surface area contributed by atoms with Gasteiger partial charge < -0.3 is 4.74 Å². The Labute approximate surface area is 162 Å². The molecule has 0 spiro atoms. The van der Waals surface area contributed by atoms with E-state index in [1.54, 1.807) is 18.3 Å². The Kier molecular flexibility index (Phi) is 6.22. The Hall–Kier alpha value is -3.12. The van der Waals surface area contributed by atoms with Crippen molar-refractivity contribution < 1.29 is 4.74 Å². The number of rotatable bonds is 7. The fourth-order valence-electron chi connectivity index (χ4n) is 2.31. The number of ether oxygens (including phenoxy) is 1. The van der Waals surface area contributed by atoms with Gasteiger partial charge in [0.05, 0.1) is 24.7 Å². The molecule has 138 valence electrons. The summed E-state index contributed by atoms with van der Waals surface area (Å²) >= 11 is 6.17. The molecule has 1 heterocycles. The van der Waals surface area contributed by atoms with Gasteiger partial charge in [-0.05, 0) is 48.4 Å². The highest BCUT2D eigenvalue weighted by Gasteiger charge is 2.09. The first-order valence-electron chi connectivity index (χ1n) is 8.54. The molecule has 0 atom stereocenters. The van der Waals surface area contributed by atoms with Crippen molar-refractivity contribution in [3.8, 4) is 11.4 Å². The first-order chi connectivity index (χ1) is 13.2. The van der Waals surface area contributed by atoms with Gasteiger partial charge in [-0.25, -0.2) is 0 Å². The van der Waals surface area contributed by atoms with Crippen LogP contribution in [0, 0.1) is 0 Å². The van der Waals surface area contributed by atoms with E-state index in [1.807, 2.05) is 42.5 Å². The van der Waals surface area contributed by atoms with Gasteiger partial charge in [0.15, 0.2) is 0 Å². The Balaban J connectivity index is 1.70. The lowest BCUT2D eigenvalue weighted by atomic mass is 10.2. The average Bonchev–Trinajstić information content (AvgIpc) is 2.71. The van der Waals surface area contributed by atoms with Crippen molar-refractivity contribution in [3.05, 3.63) is 81.7 Å². The number of aromatic nitrogens is 2. The Morgan fingerprint density at radius 3 is 2.63 bits per heavy atom. The first kappa shape index (κ1) is 18.7. The van der Waals surface area contributed by atoms with Gasteiger partial charge in [-0.1, -0.05) is 36.7 Å². The predicted octanol–water partition coefficient (Wildman–Crippen LogP) is 4.12. The molecule has 0 aliphatic rings. The van der Waals surface area contributed by atoms with Crippen LogP contribution in [-0.2, 0) is 0 Å². The quantitative estimate of drug-likeness (QED) is 0.493. The maximum Gasteiger partial charge on any atom is 0.292 e. The summed E-state index contributed by atoms with van der Waals surface area (Å²) in [6.07, 6.45) is 4.06. The Bertz CT molecular complexity index is 970. The van der Waals surface area contributed by atoms with E-state index in [9.17, 15) is 4.79 Å². The fourth-order valence-corrected chi connectivity index (χ4v) is 2.48. The van der Waals surface area contributed by atoms with Gasteiger partial charge in [0.2, 0.25) is 0 Å². The zero-order valence-corrected chi connectivity index (χ0v) is 15.6. The molecule has 0 aliphatic heterocycles. The summed E-state index contributed by atoms with van der Waals surface area (Å²) in [7, 11) is 0. The number of hydrogen-bond acceptors (Lipinski definition) is 5. The SMILES string of the molecule is CCCOc1ccc(/C=N\Nc2cnn(-c3ccccc3)c(=O)c2Cl)cc1. The molecule has 1 N–H and O–H groups in total. The van der Waals surface area contributed by atoms with Crippen molar-refractivity contribution in [2.75, 3.05) is 12.0 Å². The van der Waals surface area contributed by atoms with Crippen LogP contribution in [0.25, 0.3) is 5.69 Å². The summed E-state index contributed by atoms with van der Waals surface area (Å²) in [6, 6.07) is 16.6. The molecule has 3 aromatic rings. The lowest BCUT2D eigenvalue weighted by molar-refractivity contribution is 0.317. The van der Waals surface area contributed by atoms with E-state index in [4.69, 9.17) is 16.3 Å². The Morgan fingerprint density at radius 2 is 1.93 bits per heavy atom. The number of halogens is 1. The van der Waals surface area contributed by atoms with E-state index in [0.717, 1.165) is 17.7 Å². The van der Waals surface area contributed by atoms with Crippen LogP contribution in [0.5, 0.6) is 5.75 Å². The van der Waals surface area contributed by atoms with E-state index in [-0.39, 0.29) is 5.02 Å². The largest absolute Gasteiger partial charge is 0.494 e. The molecular weight excluding hydrogens is 364 g/mol. The third kappa shape index (κ3) is 4.74. The number of nitrogens with one attached hydrogen (secondary N) is 1. The van der Waals surface area contributed by atoms with Gasteiger partial charge in [-0.2, -0.15) is 14.9 Å². The molecule has 0 saturated carbocycles. The van der Waals surface area contributed by atoms with Gasteiger partial charge in [0.25, 0.3) is 5.56 Å². The van der Waals surface area contributed by atoms with E-state index >= 15 is 0 Å². The smallest absolute Gasteiger partial charge is 0.292 e. The van der Waals surface area contributed by atoms with Crippen LogP contribution in [0.3, 0.4) is 0 Å². The van der Waals surface area contributed by atoms with Crippen LogP contribution in [0.4, 0.5) is 5.69 Å². The molecular formula is C20H19ClN4O2. The molecule has 0 amide bonds. The number of para-hydroxylation sites is 1. The topological polar surface area (TPSA) is 68.5 Å². The highest BCUT2D eigenvalue weighted by Crippen LogP contribution is 2.17. The normalized spacial score (nSPS) is 10.9. The maximum atomic E-state index is 12.4. The summed E-state index contributed by atoms with van der Waals surface area (Å²) in [5.74, 6) is 0.818. The van der Waals surface area contributed by atoms with Crippen molar-refractivity contribution >= 4 is 23.5 Å². The molecule has 0 saturated heterocycles. The monoisotopic (exact) mass is 382 g/mol. The molecule has 6 nitrogen and oxygen atoms in total. The van der Waals surface area contributed by atoms with Crippen molar-refractivity contribution in [2.45, 2.75) is 13.3 Å². The first-order valence-corrected chi connectivity index (χ1v) is 8.92. The molecule has 1 aromatic heterocycles. The van der Waals surface area contributed by atoms with Gasteiger partial charge in [-0.3, -0.25) is 10.2 Å². The molecule has 27 heavy (non-hydrogen) atoms. The second kappa shape index (κ2) is 9.00. The van der Waals surface area contributed by atoms with Crippen molar-refractivity contribution in [3.63, 3.8) is 0 Å². The summed E-state index contributed by atoms with van der Waals surface area (Å²) in [6.45, 7) is 2.75. The van der Waals surface area contributed by atoms with Crippen molar-refractivity contribution in [1.82, 2.24) is 9.78 Å². The minimum Gasteiger partial charge on any atom is -0.494 e. The van der Waals surface area contributed by atoms with Crippen LogP contribution < -0.4 is 15.7 Å². The molecule has 0 bridgehead atoms. The molecule has 0 radical (unpaired) electrons. The Morgan fingerprint density at radius 1 is 1.19 bits per heavy atom. The van der Waals surface area contributed by atoms with E-state index < -0.39 is 5.56 Å². The lowest BCUT2D eigenvalue weighted by Gasteiger charge is -2.07. The maximum absolute atomic E-state index is 12.4. The highest BCUT2D eigenvalue weighted by atomic mass is 35.5. The molecule has 3 rings (SSSR count). The van der Waals surface area contributed by atoms with Crippen LogP contribution in [0.15, 0.2) is 70.7 Å². The predicted molar refractivity (Wildman–Crippen MR) is 108 cm³/mol.